The van der Waals surface area contributed by atoms with Crippen LogP contribution < -0.4 is 0 Å². The molecule has 1 N–H and O–H groups in total. The zero-order valence-corrected chi connectivity index (χ0v) is 17.2. The van der Waals surface area contributed by atoms with E-state index in [1.165, 1.54) is 96.3 Å². The number of carbonyl (C=O) groups is 1. The molecule has 0 heterocycles. The first-order valence-corrected chi connectivity index (χ1v) is 11.0. The van der Waals surface area contributed by atoms with Crippen molar-refractivity contribution in [1.82, 2.24) is 0 Å². The van der Waals surface area contributed by atoms with E-state index >= 15 is 0 Å². The third-order valence-electron chi connectivity index (χ3n) is 5.34. The van der Waals surface area contributed by atoms with Gasteiger partial charge in [-0.1, -0.05) is 117 Å². The molecule has 0 saturated heterocycles. The van der Waals surface area contributed by atoms with Gasteiger partial charge in [-0.05, 0) is 18.8 Å². The molecule has 0 amide bonds. The Kier molecular flexibility index (Phi) is 17.4. The van der Waals surface area contributed by atoms with Gasteiger partial charge in [0.15, 0.2) is 0 Å². The minimum absolute atomic E-state index is 0.375. The van der Waals surface area contributed by atoms with Gasteiger partial charge >= 0.3 is 5.97 Å². The van der Waals surface area contributed by atoms with Crippen LogP contribution in [0.5, 0.6) is 0 Å². The number of hydrogen-bond acceptors (Lipinski definition) is 1. The lowest BCUT2D eigenvalue weighted by Gasteiger charge is -2.16. The minimum atomic E-state index is -0.830. The van der Waals surface area contributed by atoms with Crippen molar-refractivity contribution in [2.24, 2.45) is 5.92 Å². The molecule has 0 aromatic carbocycles. The van der Waals surface area contributed by atoms with E-state index < -0.39 is 5.97 Å². The molecule has 0 spiro atoms. The maximum atomic E-state index is 10.9. The molecule has 0 saturated carbocycles. The Hall–Kier alpha value is -0.790. The third kappa shape index (κ3) is 16.4. The molecule has 25 heavy (non-hydrogen) atoms. The van der Waals surface area contributed by atoms with Gasteiger partial charge in [0.05, 0.1) is 0 Å². The summed E-state index contributed by atoms with van der Waals surface area (Å²) in [6.07, 6.45) is 21.9. The monoisotopic (exact) mass is 352 g/mol. The molecule has 0 aliphatic heterocycles. The molecule has 0 fully saturated rings. The quantitative estimate of drug-likeness (QED) is 0.189. The van der Waals surface area contributed by atoms with Crippen LogP contribution in [-0.4, -0.2) is 11.1 Å². The van der Waals surface area contributed by atoms with Crippen molar-refractivity contribution in [1.29, 1.82) is 0 Å². The molecule has 1 unspecified atom stereocenters. The van der Waals surface area contributed by atoms with Gasteiger partial charge in [0.2, 0.25) is 0 Å². The highest BCUT2D eigenvalue weighted by Crippen LogP contribution is 2.24. The van der Waals surface area contributed by atoms with Crippen molar-refractivity contribution in [2.45, 2.75) is 123 Å². The summed E-state index contributed by atoms with van der Waals surface area (Å²) >= 11 is 0. The molecule has 0 aromatic heterocycles. The lowest BCUT2D eigenvalue weighted by atomic mass is 9.89. The van der Waals surface area contributed by atoms with Crippen LogP contribution in [0.25, 0.3) is 0 Å². The van der Waals surface area contributed by atoms with Gasteiger partial charge in [-0.3, -0.25) is 0 Å². The average Bonchev–Trinajstić information content (AvgIpc) is 2.60. The van der Waals surface area contributed by atoms with E-state index in [0.29, 0.717) is 17.9 Å². The molecule has 148 valence electrons. The molecule has 0 bridgehead atoms. The van der Waals surface area contributed by atoms with Crippen LogP contribution in [0, 0.1) is 5.92 Å². The number of unbranched alkanes of at least 4 members (excludes halogenated alkanes) is 11. The largest absolute Gasteiger partial charge is 0.478 e. The van der Waals surface area contributed by atoms with Crippen molar-refractivity contribution in [2.75, 3.05) is 0 Å². The normalized spacial score (nSPS) is 12.2. The maximum absolute atomic E-state index is 10.9. The van der Waals surface area contributed by atoms with Gasteiger partial charge in [-0.2, -0.15) is 0 Å². The minimum Gasteiger partial charge on any atom is -0.478 e. The van der Waals surface area contributed by atoms with E-state index in [9.17, 15) is 4.79 Å². The Labute approximate surface area is 157 Å². The Bertz CT molecular complexity index is 322. The van der Waals surface area contributed by atoms with E-state index in [1.807, 2.05) is 0 Å². The molecular weight excluding hydrogens is 308 g/mol. The second-order valence-electron chi connectivity index (χ2n) is 7.78. The Morgan fingerprint density at radius 3 is 1.64 bits per heavy atom. The van der Waals surface area contributed by atoms with Crippen molar-refractivity contribution in [3.63, 3.8) is 0 Å². The number of carboxylic acid groups (broad SMARTS) is 1. The predicted molar refractivity (Wildman–Crippen MR) is 110 cm³/mol. The predicted octanol–water partition coefficient (Wildman–Crippen LogP) is 7.91. The molecule has 0 radical (unpaired) electrons. The second kappa shape index (κ2) is 18.0. The topological polar surface area (TPSA) is 37.3 Å². The summed E-state index contributed by atoms with van der Waals surface area (Å²) < 4.78 is 0. The SMILES string of the molecule is C=C(CCC(CCCC)CCCCCCCCCCCCC)C(=O)O. The van der Waals surface area contributed by atoms with E-state index in [1.54, 1.807) is 0 Å². The molecular formula is C23H44O2. The zero-order chi connectivity index (χ0) is 18.8. The average molecular weight is 353 g/mol. The number of aliphatic carboxylic acids is 1. The van der Waals surface area contributed by atoms with E-state index in [0.717, 1.165) is 6.42 Å². The van der Waals surface area contributed by atoms with Crippen molar-refractivity contribution in [3.05, 3.63) is 12.2 Å². The fraction of sp³-hybridized carbons (Fsp3) is 0.870. The standard InChI is InChI=1S/C23H44O2/c1-4-6-8-9-10-11-12-13-14-15-16-18-22(17-7-5-2)20-19-21(3)23(24)25/h22H,3-20H2,1-2H3,(H,24,25). The highest BCUT2D eigenvalue weighted by Gasteiger charge is 2.11. The highest BCUT2D eigenvalue weighted by molar-refractivity contribution is 5.85. The summed E-state index contributed by atoms with van der Waals surface area (Å²) in [5.41, 5.74) is 0.375. The van der Waals surface area contributed by atoms with Gasteiger partial charge in [-0.15, -0.1) is 0 Å². The van der Waals surface area contributed by atoms with Gasteiger partial charge in [0.25, 0.3) is 0 Å². The summed E-state index contributed by atoms with van der Waals surface area (Å²) in [6.45, 7) is 8.17. The number of rotatable bonds is 19. The summed E-state index contributed by atoms with van der Waals surface area (Å²) in [6, 6.07) is 0. The molecule has 0 rings (SSSR count). The van der Waals surface area contributed by atoms with E-state index in [-0.39, 0.29) is 0 Å². The number of hydrogen-bond donors (Lipinski definition) is 1. The van der Waals surface area contributed by atoms with Crippen LogP contribution in [0.4, 0.5) is 0 Å². The van der Waals surface area contributed by atoms with Crippen LogP contribution in [0.1, 0.15) is 123 Å². The molecule has 1 atom stereocenters. The van der Waals surface area contributed by atoms with Crippen LogP contribution >= 0.6 is 0 Å². The highest BCUT2D eigenvalue weighted by atomic mass is 16.4. The van der Waals surface area contributed by atoms with Crippen molar-refractivity contribution in [3.8, 4) is 0 Å². The van der Waals surface area contributed by atoms with Crippen molar-refractivity contribution < 1.29 is 9.90 Å². The van der Waals surface area contributed by atoms with Gasteiger partial charge in [0.1, 0.15) is 0 Å². The summed E-state index contributed by atoms with van der Waals surface area (Å²) in [5, 5.41) is 8.95. The van der Waals surface area contributed by atoms with Crippen LogP contribution in [0.2, 0.25) is 0 Å². The first kappa shape index (κ1) is 24.2. The maximum Gasteiger partial charge on any atom is 0.330 e. The first-order chi connectivity index (χ1) is 12.1. The summed E-state index contributed by atoms with van der Waals surface area (Å²) in [4.78, 5) is 10.9. The third-order valence-corrected chi connectivity index (χ3v) is 5.34. The first-order valence-electron chi connectivity index (χ1n) is 11.0. The van der Waals surface area contributed by atoms with Gasteiger partial charge in [0, 0.05) is 5.57 Å². The lowest BCUT2D eigenvalue weighted by Crippen LogP contribution is -2.05. The zero-order valence-electron chi connectivity index (χ0n) is 17.2. The van der Waals surface area contributed by atoms with Gasteiger partial charge < -0.3 is 5.11 Å². The smallest absolute Gasteiger partial charge is 0.330 e. The van der Waals surface area contributed by atoms with Crippen molar-refractivity contribution >= 4 is 5.97 Å². The molecule has 2 heteroatoms. The van der Waals surface area contributed by atoms with E-state index in [4.69, 9.17) is 5.11 Å². The molecule has 0 aliphatic rings. The molecule has 2 nitrogen and oxygen atoms in total. The van der Waals surface area contributed by atoms with Gasteiger partial charge in [-0.25, -0.2) is 4.79 Å². The summed E-state index contributed by atoms with van der Waals surface area (Å²) in [5.74, 6) is -0.140. The fourth-order valence-corrected chi connectivity index (χ4v) is 3.51. The molecule has 0 aromatic rings. The Morgan fingerprint density at radius 1 is 0.720 bits per heavy atom. The van der Waals surface area contributed by atoms with Crippen LogP contribution in [0.15, 0.2) is 12.2 Å². The van der Waals surface area contributed by atoms with Crippen LogP contribution in [0.3, 0.4) is 0 Å². The lowest BCUT2D eigenvalue weighted by molar-refractivity contribution is -0.132. The van der Waals surface area contributed by atoms with Crippen LogP contribution in [-0.2, 0) is 4.79 Å². The molecule has 0 aliphatic carbocycles. The Balaban J connectivity index is 3.63. The Morgan fingerprint density at radius 2 is 1.16 bits per heavy atom. The fourth-order valence-electron chi connectivity index (χ4n) is 3.51. The number of carboxylic acids is 1. The van der Waals surface area contributed by atoms with E-state index in [2.05, 4.69) is 20.4 Å². The summed E-state index contributed by atoms with van der Waals surface area (Å²) in [7, 11) is 0. The second-order valence-corrected chi connectivity index (χ2v) is 7.78.